The van der Waals surface area contributed by atoms with Crippen molar-refractivity contribution in [2.75, 3.05) is 0 Å². The van der Waals surface area contributed by atoms with Gasteiger partial charge in [-0.1, -0.05) is 19.1 Å². The summed E-state index contributed by atoms with van der Waals surface area (Å²) in [5.41, 5.74) is -0.302. The van der Waals surface area contributed by atoms with Crippen molar-refractivity contribution in [1.82, 2.24) is 10.3 Å². The summed E-state index contributed by atoms with van der Waals surface area (Å²) in [6, 6.07) is 5.03. The molecule has 1 aliphatic heterocycles. The summed E-state index contributed by atoms with van der Waals surface area (Å²) in [6.07, 6.45) is 1.83. The second kappa shape index (κ2) is 4.79. The van der Waals surface area contributed by atoms with Crippen molar-refractivity contribution in [3.8, 4) is 0 Å². The highest BCUT2D eigenvalue weighted by Crippen LogP contribution is 2.20. The van der Waals surface area contributed by atoms with E-state index in [0.29, 0.717) is 12.0 Å². The van der Waals surface area contributed by atoms with Gasteiger partial charge < -0.3 is 5.32 Å². The fourth-order valence-corrected chi connectivity index (χ4v) is 1.69. The van der Waals surface area contributed by atoms with E-state index in [1.807, 2.05) is 6.92 Å². The molecule has 1 aromatic rings. The van der Waals surface area contributed by atoms with Crippen LogP contribution in [-0.4, -0.2) is 28.7 Å². The Balaban J connectivity index is 2.17. The number of halogens is 1. The highest BCUT2D eigenvalue weighted by atomic mass is 19.1. The molecule has 2 rings (SSSR count). The molecule has 0 aliphatic carbocycles. The van der Waals surface area contributed by atoms with Crippen LogP contribution in [0.2, 0.25) is 0 Å². The molecule has 1 atom stereocenters. The number of hydrazone groups is 1. The van der Waals surface area contributed by atoms with E-state index in [-0.39, 0.29) is 5.82 Å². The third-order valence-electron chi connectivity index (χ3n) is 3.14. The first-order valence-corrected chi connectivity index (χ1v) is 5.92. The number of nitrogens with zero attached hydrogens (tertiary/aromatic N) is 2. The van der Waals surface area contributed by atoms with Gasteiger partial charge in [0.2, 0.25) is 0 Å². The fraction of sp³-hybridized carbons (Fsp3) is 0.308. The first kappa shape index (κ1) is 13.2. The second-order valence-electron chi connectivity index (χ2n) is 4.53. The summed E-state index contributed by atoms with van der Waals surface area (Å²) in [5, 5.41) is 7.24. The number of rotatable bonds is 3. The number of urea groups is 1. The SMILES string of the molecule is CC[C@]1(C)NC(=O)N(/N=C\c2ccc(F)cc2)C1=O. The minimum absolute atomic E-state index is 0.356. The summed E-state index contributed by atoms with van der Waals surface area (Å²) in [7, 11) is 0. The molecule has 1 heterocycles. The van der Waals surface area contributed by atoms with Crippen LogP contribution in [0.5, 0.6) is 0 Å². The largest absolute Gasteiger partial charge is 0.346 e. The van der Waals surface area contributed by atoms with E-state index < -0.39 is 17.5 Å². The average Bonchev–Trinajstić information content (AvgIpc) is 2.61. The van der Waals surface area contributed by atoms with E-state index in [1.165, 1.54) is 30.5 Å². The molecule has 1 aromatic carbocycles. The number of carbonyl (C=O) groups is 2. The first-order valence-electron chi connectivity index (χ1n) is 5.92. The Hall–Kier alpha value is -2.24. The third kappa shape index (κ3) is 2.47. The quantitative estimate of drug-likeness (QED) is 0.668. The van der Waals surface area contributed by atoms with Crippen LogP contribution in [0.1, 0.15) is 25.8 Å². The van der Waals surface area contributed by atoms with E-state index in [1.54, 1.807) is 6.92 Å². The van der Waals surface area contributed by atoms with Crippen LogP contribution in [0.25, 0.3) is 0 Å². The molecule has 0 radical (unpaired) electrons. The molecule has 100 valence electrons. The zero-order chi connectivity index (χ0) is 14.0. The van der Waals surface area contributed by atoms with E-state index in [4.69, 9.17) is 0 Å². The number of carbonyl (C=O) groups excluding carboxylic acids is 2. The lowest BCUT2D eigenvalue weighted by Crippen LogP contribution is -2.42. The predicted octanol–water partition coefficient (Wildman–Crippen LogP) is 1.88. The Morgan fingerprint density at radius 1 is 1.37 bits per heavy atom. The average molecular weight is 263 g/mol. The molecule has 0 aromatic heterocycles. The molecule has 1 aliphatic rings. The van der Waals surface area contributed by atoms with Crippen molar-refractivity contribution in [3.63, 3.8) is 0 Å². The van der Waals surface area contributed by atoms with Crippen molar-refractivity contribution in [1.29, 1.82) is 0 Å². The Labute approximate surface area is 110 Å². The molecular formula is C13H14FN3O2. The predicted molar refractivity (Wildman–Crippen MR) is 68.1 cm³/mol. The normalized spacial score (nSPS) is 23.2. The van der Waals surface area contributed by atoms with Gasteiger partial charge in [0.25, 0.3) is 5.91 Å². The van der Waals surface area contributed by atoms with Crippen LogP contribution in [0.15, 0.2) is 29.4 Å². The van der Waals surface area contributed by atoms with Gasteiger partial charge in [-0.05, 0) is 31.0 Å². The van der Waals surface area contributed by atoms with Gasteiger partial charge in [0.1, 0.15) is 11.4 Å². The summed E-state index contributed by atoms with van der Waals surface area (Å²) in [5.74, 6) is -0.746. The minimum atomic E-state index is -0.906. The number of amides is 3. The van der Waals surface area contributed by atoms with E-state index in [0.717, 1.165) is 5.01 Å². The summed E-state index contributed by atoms with van der Waals surface area (Å²) in [6.45, 7) is 3.46. The topological polar surface area (TPSA) is 61.8 Å². The van der Waals surface area contributed by atoms with Crippen LogP contribution in [0.4, 0.5) is 9.18 Å². The molecule has 1 fully saturated rings. The molecule has 0 unspecified atom stereocenters. The zero-order valence-corrected chi connectivity index (χ0v) is 10.7. The monoisotopic (exact) mass is 263 g/mol. The lowest BCUT2D eigenvalue weighted by molar-refractivity contribution is -0.130. The molecule has 0 bridgehead atoms. The van der Waals surface area contributed by atoms with Crippen LogP contribution in [-0.2, 0) is 4.79 Å². The Kier molecular flexibility index (Phi) is 3.33. The maximum atomic E-state index is 12.7. The number of hydrogen-bond donors (Lipinski definition) is 1. The van der Waals surface area contributed by atoms with Crippen molar-refractivity contribution < 1.29 is 14.0 Å². The lowest BCUT2D eigenvalue weighted by Gasteiger charge is -2.17. The van der Waals surface area contributed by atoms with Gasteiger partial charge >= 0.3 is 6.03 Å². The van der Waals surface area contributed by atoms with Crippen LogP contribution in [0, 0.1) is 5.82 Å². The summed E-state index contributed by atoms with van der Waals surface area (Å²) in [4.78, 5) is 23.7. The Bertz CT molecular complexity index is 541. The molecule has 3 amide bonds. The number of imide groups is 1. The van der Waals surface area contributed by atoms with E-state index >= 15 is 0 Å². The highest BCUT2D eigenvalue weighted by molar-refractivity contribution is 6.07. The molecule has 0 spiro atoms. The van der Waals surface area contributed by atoms with Gasteiger partial charge in [-0.2, -0.15) is 5.10 Å². The third-order valence-corrected chi connectivity index (χ3v) is 3.14. The number of hydrogen-bond acceptors (Lipinski definition) is 3. The van der Waals surface area contributed by atoms with Gasteiger partial charge in [0.15, 0.2) is 0 Å². The van der Waals surface area contributed by atoms with Crippen molar-refractivity contribution in [2.24, 2.45) is 5.10 Å². The molecule has 19 heavy (non-hydrogen) atoms. The van der Waals surface area contributed by atoms with Crippen molar-refractivity contribution >= 4 is 18.2 Å². The smallest absolute Gasteiger partial charge is 0.322 e. The van der Waals surface area contributed by atoms with Crippen LogP contribution < -0.4 is 5.32 Å². The van der Waals surface area contributed by atoms with Gasteiger partial charge in [-0.25, -0.2) is 9.18 Å². The second-order valence-corrected chi connectivity index (χ2v) is 4.53. The van der Waals surface area contributed by atoms with Gasteiger partial charge in [-0.15, -0.1) is 5.01 Å². The summed E-state index contributed by atoms with van der Waals surface area (Å²) >= 11 is 0. The maximum absolute atomic E-state index is 12.7. The van der Waals surface area contributed by atoms with Crippen LogP contribution in [0.3, 0.4) is 0 Å². The van der Waals surface area contributed by atoms with Crippen LogP contribution >= 0.6 is 0 Å². The fourth-order valence-electron chi connectivity index (χ4n) is 1.69. The van der Waals surface area contributed by atoms with Crippen molar-refractivity contribution in [2.45, 2.75) is 25.8 Å². The van der Waals surface area contributed by atoms with E-state index in [2.05, 4.69) is 10.4 Å². The minimum Gasteiger partial charge on any atom is -0.322 e. The standard InChI is InChI=1S/C13H14FN3O2/c1-3-13(2)11(18)17(12(19)16-13)15-8-9-4-6-10(14)7-5-9/h4-8H,3H2,1-2H3,(H,16,19)/b15-8-/t13-/m0/s1. The van der Waals surface area contributed by atoms with Gasteiger partial charge in [0.05, 0.1) is 6.21 Å². The molecule has 6 heteroatoms. The van der Waals surface area contributed by atoms with Gasteiger partial charge in [0, 0.05) is 0 Å². The number of nitrogens with one attached hydrogen (secondary N) is 1. The molecule has 1 saturated heterocycles. The summed E-state index contributed by atoms with van der Waals surface area (Å²) < 4.78 is 12.7. The lowest BCUT2D eigenvalue weighted by atomic mass is 10.00. The Morgan fingerprint density at radius 2 is 2.00 bits per heavy atom. The molecule has 0 saturated carbocycles. The van der Waals surface area contributed by atoms with E-state index in [9.17, 15) is 14.0 Å². The van der Waals surface area contributed by atoms with Crippen molar-refractivity contribution in [3.05, 3.63) is 35.6 Å². The Morgan fingerprint density at radius 3 is 2.53 bits per heavy atom. The molecular weight excluding hydrogens is 249 g/mol. The number of benzene rings is 1. The zero-order valence-electron chi connectivity index (χ0n) is 10.7. The molecule has 5 nitrogen and oxygen atoms in total. The maximum Gasteiger partial charge on any atom is 0.346 e. The van der Waals surface area contributed by atoms with Gasteiger partial charge in [-0.3, -0.25) is 4.79 Å². The first-order chi connectivity index (χ1) is 8.96. The highest BCUT2D eigenvalue weighted by Gasteiger charge is 2.46. The molecule has 1 N–H and O–H groups in total.